The van der Waals surface area contributed by atoms with Gasteiger partial charge in [0, 0.05) is 10.9 Å². The van der Waals surface area contributed by atoms with Gasteiger partial charge < -0.3 is 14.6 Å². The molecule has 2 aromatic carbocycles. The van der Waals surface area contributed by atoms with Gasteiger partial charge in [0.05, 0.1) is 24.3 Å². The highest BCUT2D eigenvalue weighted by Gasteiger charge is 2.34. The summed E-state index contributed by atoms with van der Waals surface area (Å²) in [5.41, 5.74) is 4.68. The van der Waals surface area contributed by atoms with Crippen molar-refractivity contribution in [1.29, 1.82) is 0 Å². The Hall–Kier alpha value is -3.14. The summed E-state index contributed by atoms with van der Waals surface area (Å²) in [6.45, 7) is 6.63. The number of allylic oxidation sites excluding steroid dienone is 1. The summed E-state index contributed by atoms with van der Waals surface area (Å²) < 4.78 is 5.26. The van der Waals surface area contributed by atoms with Gasteiger partial charge in [-0.3, -0.25) is 0 Å². The molecule has 4 nitrogen and oxygen atoms in total. The molecule has 0 spiro atoms. The number of carboxylic acids is 1. The summed E-state index contributed by atoms with van der Waals surface area (Å²) >= 11 is 0. The van der Waals surface area contributed by atoms with Crippen molar-refractivity contribution in [3.05, 3.63) is 70.9 Å². The van der Waals surface area contributed by atoms with Crippen LogP contribution < -0.4 is 9.84 Å². The van der Waals surface area contributed by atoms with Crippen LogP contribution in [0, 0.1) is 11.3 Å². The molecule has 154 valence electrons. The molecule has 1 atom stereocenters. The zero-order valence-electron chi connectivity index (χ0n) is 17.9. The van der Waals surface area contributed by atoms with Gasteiger partial charge in [0.2, 0.25) is 0 Å². The number of pyridine rings is 1. The maximum Gasteiger partial charge on any atom is 0.118 e. The lowest BCUT2D eigenvalue weighted by Crippen LogP contribution is -2.31. The number of carbonyl (C=O) groups excluding carboxylic acids is 1. The van der Waals surface area contributed by atoms with Crippen molar-refractivity contribution < 1.29 is 14.6 Å². The number of aromatic carboxylic acids is 1. The Morgan fingerprint density at radius 1 is 1.10 bits per heavy atom. The second-order valence-electron chi connectivity index (χ2n) is 9.03. The minimum atomic E-state index is -1.14. The van der Waals surface area contributed by atoms with Crippen molar-refractivity contribution in [3.63, 3.8) is 0 Å². The van der Waals surface area contributed by atoms with Gasteiger partial charge in [-0.25, -0.2) is 4.98 Å². The molecule has 4 heteroatoms. The summed E-state index contributed by atoms with van der Waals surface area (Å²) in [6.07, 6.45) is 3.65. The van der Waals surface area contributed by atoms with Crippen LogP contribution in [0.3, 0.4) is 0 Å². The topological polar surface area (TPSA) is 62.2 Å². The van der Waals surface area contributed by atoms with Crippen LogP contribution in [0.25, 0.3) is 22.6 Å². The third-order valence-electron chi connectivity index (χ3n) is 6.10. The Bertz CT molecular complexity index is 1140. The van der Waals surface area contributed by atoms with E-state index in [0.717, 1.165) is 34.6 Å². The van der Waals surface area contributed by atoms with E-state index in [1.165, 1.54) is 0 Å². The van der Waals surface area contributed by atoms with Gasteiger partial charge in [0.25, 0.3) is 0 Å². The molecule has 0 saturated heterocycles. The number of methoxy groups -OCH3 is 1. The molecule has 3 aromatic rings. The number of para-hydroxylation sites is 1. The van der Waals surface area contributed by atoms with Crippen LogP contribution in [0.2, 0.25) is 0 Å². The van der Waals surface area contributed by atoms with Crippen molar-refractivity contribution in [2.75, 3.05) is 7.11 Å². The molecule has 0 aliphatic heterocycles. The quantitative estimate of drug-likeness (QED) is 0.636. The minimum Gasteiger partial charge on any atom is -0.545 e. The number of benzene rings is 2. The molecule has 1 aromatic heterocycles. The third kappa shape index (κ3) is 3.70. The fraction of sp³-hybridized carbons (Fsp3) is 0.308. The van der Waals surface area contributed by atoms with Crippen molar-refractivity contribution in [2.45, 2.75) is 33.6 Å². The summed E-state index contributed by atoms with van der Waals surface area (Å²) in [5.74, 6) is -0.0316. The van der Waals surface area contributed by atoms with Gasteiger partial charge in [0.1, 0.15) is 5.75 Å². The number of aromatic nitrogens is 1. The average Bonchev–Trinajstić information content (AvgIpc) is 2.71. The predicted molar refractivity (Wildman–Crippen MR) is 118 cm³/mol. The maximum absolute atomic E-state index is 12.2. The lowest BCUT2D eigenvalue weighted by molar-refractivity contribution is -0.254. The van der Waals surface area contributed by atoms with Crippen LogP contribution in [-0.4, -0.2) is 18.1 Å². The Morgan fingerprint density at radius 3 is 2.43 bits per heavy atom. The first-order chi connectivity index (χ1) is 14.3. The van der Waals surface area contributed by atoms with Gasteiger partial charge in [-0.05, 0) is 65.1 Å². The van der Waals surface area contributed by atoms with Crippen molar-refractivity contribution in [1.82, 2.24) is 4.98 Å². The van der Waals surface area contributed by atoms with E-state index in [-0.39, 0.29) is 11.0 Å². The predicted octanol–water partition coefficient (Wildman–Crippen LogP) is 4.76. The van der Waals surface area contributed by atoms with Gasteiger partial charge >= 0.3 is 0 Å². The molecule has 0 saturated carbocycles. The van der Waals surface area contributed by atoms with E-state index >= 15 is 0 Å². The first-order valence-electron chi connectivity index (χ1n) is 10.3. The van der Waals surface area contributed by atoms with E-state index in [1.807, 2.05) is 48.5 Å². The van der Waals surface area contributed by atoms with Gasteiger partial charge in [-0.1, -0.05) is 51.1 Å². The Labute approximate surface area is 177 Å². The minimum absolute atomic E-state index is 0.0333. The number of hydrogen-bond acceptors (Lipinski definition) is 4. The fourth-order valence-corrected chi connectivity index (χ4v) is 4.27. The first kappa shape index (κ1) is 20.1. The van der Waals surface area contributed by atoms with E-state index in [0.29, 0.717) is 23.2 Å². The highest BCUT2D eigenvalue weighted by molar-refractivity contribution is 6.05. The van der Waals surface area contributed by atoms with Crippen LogP contribution in [0.4, 0.5) is 0 Å². The average molecular weight is 400 g/mol. The molecule has 0 N–H and O–H groups in total. The zero-order chi connectivity index (χ0) is 21.5. The van der Waals surface area contributed by atoms with Gasteiger partial charge in [-0.15, -0.1) is 0 Å². The molecular weight excluding hydrogens is 374 g/mol. The van der Waals surface area contributed by atoms with Gasteiger partial charge in [-0.2, -0.15) is 0 Å². The van der Waals surface area contributed by atoms with Crippen molar-refractivity contribution >= 4 is 28.5 Å². The van der Waals surface area contributed by atoms with Crippen LogP contribution in [0.5, 0.6) is 5.75 Å². The molecule has 30 heavy (non-hydrogen) atoms. The molecule has 0 fully saturated rings. The van der Waals surface area contributed by atoms with E-state index in [4.69, 9.17) is 9.72 Å². The van der Waals surface area contributed by atoms with E-state index in [1.54, 1.807) is 7.11 Å². The van der Waals surface area contributed by atoms with Crippen LogP contribution in [0.15, 0.2) is 48.5 Å². The third-order valence-corrected chi connectivity index (χ3v) is 6.10. The van der Waals surface area contributed by atoms with Gasteiger partial charge in [0.15, 0.2) is 0 Å². The largest absolute Gasteiger partial charge is 0.545 e. The lowest BCUT2D eigenvalue weighted by atomic mass is 9.69. The van der Waals surface area contributed by atoms with E-state index < -0.39 is 5.97 Å². The monoisotopic (exact) mass is 400 g/mol. The number of rotatable bonds is 3. The Morgan fingerprint density at radius 2 is 1.80 bits per heavy atom. The molecule has 1 heterocycles. The number of carboxylic acid groups (broad SMARTS) is 1. The Kier molecular flexibility index (Phi) is 5.10. The molecule has 1 aliphatic rings. The number of nitrogens with zero attached hydrogens (tertiary/aromatic N) is 1. The van der Waals surface area contributed by atoms with E-state index in [2.05, 4.69) is 26.8 Å². The molecule has 1 aliphatic carbocycles. The zero-order valence-corrected chi connectivity index (χ0v) is 17.9. The molecule has 0 radical (unpaired) electrons. The lowest BCUT2D eigenvalue weighted by Gasteiger charge is -2.37. The first-order valence-corrected chi connectivity index (χ1v) is 10.3. The fourth-order valence-electron chi connectivity index (χ4n) is 4.27. The van der Waals surface area contributed by atoms with Crippen LogP contribution in [-0.2, 0) is 6.42 Å². The smallest absolute Gasteiger partial charge is 0.118 e. The van der Waals surface area contributed by atoms with Crippen LogP contribution >= 0.6 is 0 Å². The molecule has 0 bridgehead atoms. The summed E-state index contributed by atoms with van der Waals surface area (Å²) in [4.78, 5) is 17.1. The van der Waals surface area contributed by atoms with E-state index in [9.17, 15) is 9.90 Å². The summed E-state index contributed by atoms with van der Waals surface area (Å²) in [7, 11) is 1.65. The number of hydrogen-bond donors (Lipinski definition) is 0. The standard InChI is InChI=1S/C26H27NO3/c1-26(2,3)18-14-17(13-16-9-11-19(30-4)12-10-16)24-21(15-18)23(25(28)29)20-7-5-6-8-22(20)27-24/h5-13,18H,14-15H2,1-4H3,(H,28,29)/p-1/b17-13+/t18-/m0/s1. The maximum atomic E-state index is 12.2. The molecule has 0 unspecified atom stereocenters. The highest BCUT2D eigenvalue weighted by atomic mass is 16.5. The second-order valence-corrected chi connectivity index (χ2v) is 9.03. The number of ether oxygens (including phenoxy) is 1. The normalized spacial score (nSPS) is 17.7. The highest BCUT2D eigenvalue weighted by Crippen LogP contribution is 2.44. The second kappa shape index (κ2) is 7.60. The summed E-state index contributed by atoms with van der Waals surface area (Å²) in [5, 5.41) is 12.9. The number of fused-ring (bicyclic) bond motifs is 2. The molecule has 4 rings (SSSR count). The number of carbonyl (C=O) groups is 1. The summed E-state index contributed by atoms with van der Waals surface area (Å²) in [6, 6.07) is 15.3. The van der Waals surface area contributed by atoms with Crippen molar-refractivity contribution in [2.24, 2.45) is 11.3 Å². The molecule has 0 amide bonds. The Balaban J connectivity index is 1.96. The van der Waals surface area contributed by atoms with Crippen molar-refractivity contribution in [3.8, 4) is 5.75 Å². The SMILES string of the molecule is COc1ccc(/C=C2\C[C@H](C(C)(C)C)Cc3c2nc2ccccc2c3C(=O)[O-])cc1. The molecular formula is C26H26NO3-. The van der Waals surface area contributed by atoms with Crippen LogP contribution in [0.1, 0.15) is 54.4 Å².